The average molecular weight is 187 g/mol. The second-order valence-corrected chi connectivity index (χ2v) is 4.01. The van der Waals surface area contributed by atoms with Crippen LogP contribution in [0.5, 0.6) is 0 Å². The van der Waals surface area contributed by atoms with Crippen molar-refractivity contribution in [1.29, 1.82) is 0 Å². The first-order valence-electron chi connectivity index (χ1n) is 5.15. The maximum absolute atomic E-state index is 9.47. The Balaban J connectivity index is 2.47. The Kier molecular flexibility index (Phi) is 4.16. The van der Waals surface area contributed by atoms with Crippen molar-refractivity contribution < 1.29 is 9.84 Å². The minimum Gasteiger partial charge on any atom is -0.392 e. The van der Waals surface area contributed by atoms with Crippen LogP contribution >= 0.6 is 0 Å². The van der Waals surface area contributed by atoms with Crippen molar-refractivity contribution in [3.63, 3.8) is 0 Å². The van der Waals surface area contributed by atoms with Crippen LogP contribution in [0.3, 0.4) is 0 Å². The predicted molar refractivity (Wildman–Crippen MR) is 52.7 cm³/mol. The third kappa shape index (κ3) is 3.25. The van der Waals surface area contributed by atoms with Crippen LogP contribution in [0.25, 0.3) is 0 Å². The standard InChI is InChI=1S/C10H21NO2/c1-8-7-11(5-4-6-13-8)9(2)10(3)12/h8-10,12H,4-7H2,1-3H3. The summed E-state index contributed by atoms with van der Waals surface area (Å²) in [6.45, 7) is 8.84. The Morgan fingerprint density at radius 1 is 1.46 bits per heavy atom. The lowest BCUT2D eigenvalue weighted by Gasteiger charge is -2.30. The van der Waals surface area contributed by atoms with Gasteiger partial charge in [-0.15, -0.1) is 0 Å². The maximum atomic E-state index is 9.47. The topological polar surface area (TPSA) is 32.7 Å². The highest BCUT2D eigenvalue weighted by molar-refractivity contribution is 4.75. The van der Waals surface area contributed by atoms with Gasteiger partial charge in [0.2, 0.25) is 0 Å². The lowest BCUT2D eigenvalue weighted by atomic mass is 10.1. The molecule has 0 radical (unpaired) electrons. The molecule has 0 aromatic rings. The van der Waals surface area contributed by atoms with Crippen molar-refractivity contribution in [3.05, 3.63) is 0 Å². The van der Waals surface area contributed by atoms with E-state index < -0.39 is 0 Å². The SMILES string of the molecule is CC1CN(C(C)C(C)O)CCCO1. The van der Waals surface area contributed by atoms with Crippen LogP contribution in [0.4, 0.5) is 0 Å². The highest BCUT2D eigenvalue weighted by Crippen LogP contribution is 2.11. The van der Waals surface area contributed by atoms with Gasteiger partial charge in [-0.05, 0) is 27.2 Å². The molecule has 0 bridgehead atoms. The minimum atomic E-state index is -0.259. The number of ether oxygens (including phenoxy) is 1. The number of rotatable bonds is 2. The van der Waals surface area contributed by atoms with Crippen LogP contribution in [0.2, 0.25) is 0 Å². The second kappa shape index (κ2) is 4.94. The number of nitrogens with zero attached hydrogens (tertiary/aromatic N) is 1. The van der Waals surface area contributed by atoms with E-state index in [1.54, 1.807) is 0 Å². The molecule has 3 atom stereocenters. The zero-order valence-electron chi connectivity index (χ0n) is 8.86. The Morgan fingerprint density at radius 3 is 2.77 bits per heavy atom. The molecular weight excluding hydrogens is 166 g/mol. The van der Waals surface area contributed by atoms with Gasteiger partial charge in [0.1, 0.15) is 0 Å². The highest BCUT2D eigenvalue weighted by Gasteiger charge is 2.22. The maximum Gasteiger partial charge on any atom is 0.0674 e. The van der Waals surface area contributed by atoms with Gasteiger partial charge < -0.3 is 9.84 Å². The van der Waals surface area contributed by atoms with E-state index in [4.69, 9.17) is 4.74 Å². The van der Waals surface area contributed by atoms with Gasteiger partial charge >= 0.3 is 0 Å². The van der Waals surface area contributed by atoms with Gasteiger partial charge in [-0.2, -0.15) is 0 Å². The number of aliphatic hydroxyl groups excluding tert-OH is 1. The van der Waals surface area contributed by atoms with Crippen molar-refractivity contribution in [2.45, 2.75) is 45.4 Å². The zero-order valence-corrected chi connectivity index (χ0v) is 8.86. The largest absolute Gasteiger partial charge is 0.392 e. The lowest BCUT2D eigenvalue weighted by molar-refractivity contribution is 0.0369. The summed E-state index contributed by atoms with van der Waals surface area (Å²) in [6.07, 6.45) is 1.11. The fraction of sp³-hybridized carbons (Fsp3) is 1.00. The number of hydrogen-bond acceptors (Lipinski definition) is 3. The lowest BCUT2D eigenvalue weighted by Crippen LogP contribution is -2.43. The van der Waals surface area contributed by atoms with E-state index >= 15 is 0 Å². The van der Waals surface area contributed by atoms with Crippen LogP contribution < -0.4 is 0 Å². The van der Waals surface area contributed by atoms with E-state index in [9.17, 15) is 5.11 Å². The summed E-state index contributed by atoms with van der Waals surface area (Å²) < 4.78 is 5.54. The van der Waals surface area contributed by atoms with Crippen LogP contribution in [0, 0.1) is 0 Å². The van der Waals surface area contributed by atoms with Gasteiger partial charge in [-0.25, -0.2) is 0 Å². The summed E-state index contributed by atoms with van der Waals surface area (Å²) in [5, 5.41) is 9.47. The Hall–Kier alpha value is -0.120. The minimum absolute atomic E-state index is 0.240. The summed E-state index contributed by atoms with van der Waals surface area (Å²) in [5.41, 5.74) is 0. The van der Waals surface area contributed by atoms with E-state index in [0.717, 1.165) is 26.1 Å². The normalized spacial score (nSPS) is 30.9. The van der Waals surface area contributed by atoms with E-state index in [-0.39, 0.29) is 12.1 Å². The van der Waals surface area contributed by atoms with Crippen molar-refractivity contribution in [3.8, 4) is 0 Å². The van der Waals surface area contributed by atoms with E-state index in [1.165, 1.54) is 0 Å². The molecule has 0 amide bonds. The molecule has 3 heteroatoms. The molecule has 1 heterocycles. The molecular formula is C10H21NO2. The predicted octanol–water partition coefficient (Wildman–Crippen LogP) is 0.866. The first-order valence-corrected chi connectivity index (χ1v) is 5.15. The second-order valence-electron chi connectivity index (χ2n) is 4.01. The van der Waals surface area contributed by atoms with Crippen molar-refractivity contribution >= 4 is 0 Å². The molecule has 1 N–H and O–H groups in total. The molecule has 0 aromatic carbocycles. The van der Waals surface area contributed by atoms with Crippen LogP contribution in [-0.4, -0.2) is 48.0 Å². The molecule has 78 valence electrons. The Morgan fingerprint density at radius 2 is 2.15 bits per heavy atom. The van der Waals surface area contributed by atoms with Gasteiger partial charge in [0.25, 0.3) is 0 Å². The zero-order chi connectivity index (χ0) is 9.84. The summed E-state index contributed by atoms with van der Waals surface area (Å²) in [4.78, 5) is 2.31. The molecule has 3 nitrogen and oxygen atoms in total. The Labute approximate surface area is 80.7 Å². The van der Waals surface area contributed by atoms with E-state index in [2.05, 4.69) is 18.7 Å². The van der Waals surface area contributed by atoms with Gasteiger partial charge in [0.05, 0.1) is 12.2 Å². The first kappa shape index (κ1) is 11.0. The summed E-state index contributed by atoms with van der Waals surface area (Å²) in [5.74, 6) is 0. The third-order valence-electron chi connectivity index (χ3n) is 2.76. The van der Waals surface area contributed by atoms with Gasteiger partial charge in [-0.1, -0.05) is 0 Å². The summed E-state index contributed by atoms with van der Waals surface area (Å²) in [7, 11) is 0. The van der Waals surface area contributed by atoms with Crippen molar-refractivity contribution in [2.24, 2.45) is 0 Å². The third-order valence-corrected chi connectivity index (χ3v) is 2.76. The van der Waals surface area contributed by atoms with Crippen LogP contribution in [0.15, 0.2) is 0 Å². The molecule has 1 rings (SSSR count). The fourth-order valence-electron chi connectivity index (χ4n) is 1.70. The first-order chi connectivity index (χ1) is 6.11. The summed E-state index contributed by atoms with van der Waals surface area (Å²) >= 11 is 0. The van der Waals surface area contributed by atoms with Gasteiger partial charge in [0.15, 0.2) is 0 Å². The fourth-order valence-corrected chi connectivity index (χ4v) is 1.70. The van der Waals surface area contributed by atoms with Gasteiger partial charge in [-0.3, -0.25) is 4.90 Å². The molecule has 0 spiro atoms. The summed E-state index contributed by atoms with van der Waals surface area (Å²) in [6, 6.07) is 0.240. The van der Waals surface area contributed by atoms with Crippen LogP contribution in [0.1, 0.15) is 27.2 Å². The molecule has 1 aliphatic rings. The quantitative estimate of drug-likeness (QED) is 0.696. The molecule has 1 fully saturated rings. The molecule has 13 heavy (non-hydrogen) atoms. The molecule has 1 aliphatic heterocycles. The van der Waals surface area contributed by atoms with Crippen LogP contribution in [-0.2, 0) is 4.74 Å². The van der Waals surface area contributed by atoms with Gasteiger partial charge in [0, 0.05) is 25.7 Å². The molecule has 3 unspecified atom stereocenters. The van der Waals surface area contributed by atoms with Crippen molar-refractivity contribution in [1.82, 2.24) is 4.90 Å². The number of aliphatic hydroxyl groups is 1. The average Bonchev–Trinajstić information content (AvgIpc) is 2.28. The smallest absolute Gasteiger partial charge is 0.0674 e. The number of hydrogen-bond donors (Lipinski definition) is 1. The molecule has 0 saturated carbocycles. The Bertz CT molecular complexity index is 150. The molecule has 1 saturated heterocycles. The van der Waals surface area contributed by atoms with E-state index in [0.29, 0.717) is 6.10 Å². The highest BCUT2D eigenvalue weighted by atomic mass is 16.5. The van der Waals surface area contributed by atoms with Crippen molar-refractivity contribution in [2.75, 3.05) is 19.7 Å². The monoisotopic (exact) mass is 187 g/mol. The molecule has 0 aromatic heterocycles. The van der Waals surface area contributed by atoms with E-state index in [1.807, 2.05) is 6.92 Å². The molecule has 0 aliphatic carbocycles.